The summed E-state index contributed by atoms with van der Waals surface area (Å²) in [6, 6.07) is 6.76. The third-order valence-electron chi connectivity index (χ3n) is 5.26. The lowest BCUT2D eigenvalue weighted by atomic mass is 10.1. The SMILES string of the molecule is Cc1ccc(CN2CCc3nnc([C@H]4CCCO4)n3CC2)c(C)c1. The van der Waals surface area contributed by atoms with Crippen LogP contribution >= 0.6 is 0 Å². The zero-order chi connectivity index (χ0) is 16.5. The van der Waals surface area contributed by atoms with Crippen LogP contribution in [0.1, 0.15) is 47.3 Å². The minimum atomic E-state index is 0.150. The summed E-state index contributed by atoms with van der Waals surface area (Å²) in [6.45, 7) is 9.27. The van der Waals surface area contributed by atoms with E-state index in [1.165, 1.54) is 16.7 Å². The predicted octanol–water partition coefficient (Wildman–Crippen LogP) is 2.80. The van der Waals surface area contributed by atoms with Gasteiger partial charge in [-0.2, -0.15) is 0 Å². The fourth-order valence-corrected chi connectivity index (χ4v) is 3.83. The number of aryl methyl sites for hydroxylation is 2. The van der Waals surface area contributed by atoms with Crippen LogP contribution in [0.25, 0.3) is 0 Å². The Morgan fingerprint density at radius 3 is 2.88 bits per heavy atom. The van der Waals surface area contributed by atoms with Gasteiger partial charge in [-0.25, -0.2) is 0 Å². The monoisotopic (exact) mass is 326 g/mol. The van der Waals surface area contributed by atoms with Crippen LogP contribution in [-0.4, -0.2) is 39.4 Å². The van der Waals surface area contributed by atoms with Crippen molar-refractivity contribution in [2.45, 2.75) is 52.3 Å². The van der Waals surface area contributed by atoms with E-state index in [-0.39, 0.29) is 6.10 Å². The molecular formula is C19H26N4O. The highest BCUT2D eigenvalue weighted by Gasteiger charge is 2.27. The minimum Gasteiger partial charge on any atom is -0.370 e. The molecule has 5 heteroatoms. The third kappa shape index (κ3) is 3.10. The Bertz CT molecular complexity index is 718. The Kier molecular flexibility index (Phi) is 4.37. The molecule has 3 heterocycles. The molecule has 1 fully saturated rings. The molecular weight excluding hydrogens is 300 g/mol. The standard InChI is InChI=1S/C19H26N4O/c1-14-5-6-16(15(2)12-14)13-22-8-7-18-20-21-19(23(18)10-9-22)17-4-3-11-24-17/h5-6,12,17H,3-4,7-11,13H2,1-2H3/t17-/m1/s1. The largest absolute Gasteiger partial charge is 0.370 e. The number of aromatic nitrogens is 3. The van der Waals surface area contributed by atoms with Crippen LogP contribution in [0.15, 0.2) is 18.2 Å². The van der Waals surface area contributed by atoms with E-state index in [1.54, 1.807) is 0 Å². The number of nitrogens with zero attached hydrogens (tertiary/aromatic N) is 4. The van der Waals surface area contributed by atoms with Gasteiger partial charge in [0.05, 0.1) is 0 Å². The molecule has 0 radical (unpaired) electrons. The van der Waals surface area contributed by atoms with Crippen molar-refractivity contribution in [3.05, 3.63) is 46.5 Å². The van der Waals surface area contributed by atoms with E-state index in [1.807, 2.05) is 0 Å². The first kappa shape index (κ1) is 15.8. The van der Waals surface area contributed by atoms with Crippen LogP contribution < -0.4 is 0 Å². The van der Waals surface area contributed by atoms with E-state index in [4.69, 9.17) is 4.74 Å². The highest BCUT2D eigenvalue weighted by molar-refractivity contribution is 5.30. The molecule has 1 aromatic heterocycles. The van der Waals surface area contributed by atoms with Crippen LogP contribution in [0.3, 0.4) is 0 Å². The summed E-state index contributed by atoms with van der Waals surface area (Å²) < 4.78 is 8.12. The van der Waals surface area contributed by atoms with Crippen molar-refractivity contribution >= 4 is 0 Å². The second-order valence-electron chi connectivity index (χ2n) is 7.08. The van der Waals surface area contributed by atoms with Crippen molar-refractivity contribution in [3.63, 3.8) is 0 Å². The molecule has 24 heavy (non-hydrogen) atoms. The normalized spacial score (nSPS) is 21.7. The molecule has 0 N–H and O–H groups in total. The minimum absolute atomic E-state index is 0.150. The number of rotatable bonds is 3. The van der Waals surface area contributed by atoms with Gasteiger partial charge in [0.15, 0.2) is 5.82 Å². The van der Waals surface area contributed by atoms with E-state index in [2.05, 4.69) is 51.7 Å². The number of ether oxygens (including phenoxy) is 1. The first-order valence-corrected chi connectivity index (χ1v) is 9.03. The van der Waals surface area contributed by atoms with Crippen molar-refractivity contribution in [2.75, 3.05) is 19.7 Å². The van der Waals surface area contributed by atoms with Gasteiger partial charge < -0.3 is 9.30 Å². The number of fused-ring (bicyclic) bond motifs is 1. The Balaban J connectivity index is 1.47. The van der Waals surface area contributed by atoms with Gasteiger partial charge in [-0.3, -0.25) is 4.90 Å². The Morgan fingerprint density at radius 2 is 2.08 bits per heavy atom. The second kappa shape index (κ2) is 6.65. The quantitative estimate of drug-likeness (QED) is 0.870. The number of benzene rings is 1. The van der Waals surface area contributed by atoms with E-state index >= 15 is 0 Å². The lowest BCUT2D eigenvalue weighted by Crippen LogP contribution is -2.27. The van der Waals surface area contributed by atoms with Crippen LogP contribution in [0, 0.1) is 13.8 Å². The van der Waals surface area contributed by atoms with E-state index in [9.17, 15) is 0 Å². The first-order chi connectivity index (χ1) is 11.7. The molecule has 0 aliphatic carbocycles. The maximum absolute atomic E-state index is 5.82. The molecule has 0 unspecified atom stereocenters. The van der Waals surface area contributed by atoms with Gasteiger partial charge in [-0.05, 0) is 37.8 Å². The topological polar surface area (TPSA) is 43.2 Å². The molecule has 5 nitrogen and oxygen atoms in total. The van der Waals surface area contributed by atoms with Gasteiger partial charge in [-0.1, -0.05) is 23.8 Å². The van der Waals surface area contributed by atoms with E-state index in [0.717, 1.165) is 63.7 Å². The Hall–Kier alpha value is -1.72. The molecule has 4 rings (SSSR count). The molecule has 2 aromatic rings. The molecule has 1 atom stereocenters. The summed E-state index contributed by atoms with van der Waals surface area (Å²) in [5.41, 5.74) is 4.15. The van der Waals surface area contributed by atoms with Crippen molar-refractivity contribution < 1.29 is 4.74 Å². The summed E-state index contributed by atoms with van der Waals surface area (Å²) in [6.07, 6.45) is 3.32. The molecule has 1 saturated heterocycles. The number of hydrogen-bond donors (Lipinski definition) is 0. The summed E-state index contributed by atoms with van der Waals surface area (Å²) in [4.78, 5) is 2.53. The Morgan fingerprint density at radius 1 is 1.17 bits per heavy atom. The molecule has 128 valence electrons. The second-order valence-corrected chi connectivity index (χ2v) is 7.08. The van der Waals surface area contributed by atoms with Gasteiger partial charge in [0.2, 0.25) is 0 Å². The summed E-state index contributed by atoms with van der Waals surface area (Å²) >= 11 is 0. The summed E-state index contributed by atoms with van der Waals surface area (Å²) in [5.74, 6) is 2.15. The van der Waals surface area contributed by atoms with Crippen LogP contribution in [-0.2, 0) is 24.2 Å². The van der Waals surface area contributed by atoms with Gasteiger partial charge in [-0.15, -0.1) is 10.2 Å². The molecule has 0 amide bonds. The van der Waals surface area contributed by atoms with Crippen molar-refractivity contribution in [1.82, 2.24) is 19.7 Å². The predicted molar refractivity (Wildman–Crippen MR) is 92.8 cm³/mol. The molecule has 2 aliphatic rings. The average Bonchev–Trinajstić information content (AvgIpc) is 3.17. The van der Waals surface area contributed by atoms with E-state index < -0.39 is 0 Å². The summed E-state index contributed by atoms with van der Waals surface area (Å²) in [7, 11) is 0. The molecule has 2 aliphatic heterocycles. The van der Waals surface area contributed by atoms with Gasteiger partial charge in [0.25, 0.3) is 0 Å². The first-order valence-electron chi connectivity index (χ1n) is 9.03. The zero-order valence-corrected chi connectivity index (χ0v) is 14.7. The summed E-state index contributed by atoms with van der Waals surface area (Å²) in [5, 5.41) is 8.86. The smallest absolute Gasteiger partial charge is 0.162 e. The highest BCUT2D eigenvalue weighted by atomic mass is 16.5. The molecule has 1 aromatic carbocycles. The fraction of sp³-hybridized carbons (Fsp3) is 0.579. The van der Waals surface area contributed by atoms with Crippen molar-refractivity contribution in [1.29, 1.82) is 0 Å². The van der Waals surface area contributed by atoms with Gasteiger partial charge in [0, 0.05) is 39.2 Å². The maximum atomic E-state index is 5.82. The molecule has 0 spiro atoms. The lowest BCUT2D eigenvalue weighted by molar-refractivity contribution is 0.101. The Labute approximate surface area is 143 Å². The average molecular weight is 326 g/mol. The fourth-order valence-electron chi connectivity index (χ4n) is 3.83. The zero-order valence-electron chi connectivity index (χ0n) is 14.7. The third-order valence-corrected chi connectivity index (χ3v) is 5.26. The lowest BCUT2D eigenvalue weighted by Gasteiger charge is -2.21. The molecule has 0 saturated carbocycles. The van der Waals surface area contributed by atoms with Gasteiger partial charge in [0.1, 0.15) is 11.9 Å². The molecule has 0 bridgehead atoms. The van der Waals surface area contributed by atoms with Crippen molar-refractivity contribution in [2.24, 2.45) is 0 Å². The van der Waals surface area contributed by atoms with Gasteiger partial charge >= 0.3 is 0 Å². The van der Waals surface area contributed by atoms with Crippen LogP contribution in [0.5, 0.6) is 0 Å². The van der Waals surface area contributed by atoms with E-state index in [0.29, 0.717) is 0 Å². The van der Waals surface area contributed by atoms with Crippen LogP contribution in [0.2, 0.25) is 0 Å². The van der Waals surface area contributed by atoms with Crippen molar-refractivity contribution in [3.8, 4) is 0 Å². The van der Waals surface area contributed by atoms with Crippen LogP contribution in [0.4, 0.5) is 0 Å². The number of hydrogen-bond acceptors (Lipinski definition) is 4. The highest BCUT2D eigenvalue weighted by Crippen LogP contribution is 2.28. The maximum Gasteiger partial charge on any atom is 0.162 e.